The molecule has 0 heterocycles. The Balaban J connectivity index is 2.65. The van der Waals surface area contributed by atoms with Gasteiger partial charge in [0.15, 0.2) is 5.96 Å². The number of rotatable bonds is 6. The first-order chi connectivity index (χ1) is 11.2. The monoisotopic (exact) mass is 368 g/mol. The Morgan fingerprint density at radius 1 is 1.33 bits per heavy atom. The van der Waals surface area contributed by atoms with Crippen LogP contribution in [-0.4, -0.2) is 68.2 Å². The molecule has 0 aromatic carbocycles. The number of hydrogen-bond acceptors (Lipinski definition) is 3. The summed E-state index contributed by atoms with van der Waals surface area (Å²) in [7, 11) is 3.28. The lowest BCUT2D eigenvalue weighted by Gasteiger charge is -2.32. The minimum atomic E-state index is -4.15. The number of carbonyl (C=O) groups is 1. The van der Waals surface area contributed by atoms with E-state index in [0.717, 1.165) is 5.75 Å². The lowest BCUT2D eigenvalue weighted by atomic mass is 9.85. The molecule has 0 saturated heterocycles. The normalized spacial score (nSPS) is 22.2. The molecule has 0 radical (unpaired) electrons. The van der Waals surface area contributed by atoms with E-state index in [4.69, 9.17) is 0 Å². The smallest absolute Gasteiger partial charge is 0.356 e. The molecule has 140 valence electrons. The topological polar surface area (TPSA) is 56.7 Å². The van der Waals surface area contributed by atoms with Gasteiger partial charge in [-0.1, -0.05) is 6.42 Å². The van der Waals surface area contributed by atoms with Gasteiger partial charge in [0.05, 0.1) is 5.92 Å². The SMILES string of the molecule is CSCCNC(=NCC(=O)N(C)C)NC1CCCC(C(F)(F)F)C1. The molecule has 5 nitrogen and oxygen atoms in total. The van der Waals surface area contributed by atoms with Crippen molar-refractivity contribution in [3.05, 3.63) is 0 Å². The summed E-state index contributed by atoms with van der Waals surface area (Å²) >= 11 is 1.65. The molecule has 24 heavy (non-hydrogen) atoms. The van der Waals surface area contributed by atoms with Gasteiger partial charge in [-0.25, -0.2) is 4.99 Å². The molecule has 0 bridgehead atoms. The van der Waals surface area contributed by atoms with E-state index >= 15 is 0 Å². The number of nitrogens with one attached hydrogen (secondary N) is 2. The maximum atomic E-state index is 12.9. The Bertz CT molecular complexity index is 429. The highest BCUT2D eigenvalue weighted by Crippen LogP contribution is 2.37. The van der Waals surface area contributed by atoms with Crippen LogP contribution in [0.2, 0.25) is 0 Å². The third kappa shape index (κ3) is 7.63. The van der Waals surface area contributed by atoms with Crippen LogP contribution in [0.3, 0.4) is 0 Å². The van der Waals surface area contributed by atoms with Gasteiger partial charge in [-0.2, -0.15) is 24.9 Å². The van der Waals surface area contributed by atoms with Crippen molar-refractivity contribution in [2.24, 2.45) is 10.9 Å². The van der Waals surface area contributed by atoms with Gasteiger partial charge in [0, 0.05) is 32.4 Å². The lowest BCUT2D eigenvalue weighted by molar-refractivity contribution is -0.183. The summed E-state index contributed by atoms with van der Waals surface area (Å²) in [6.45, 7) is 0.607. The summed E-state index contributed by atoms with van der Waals surface area (Å²) in [5.41, 5.74) is 0. The Hall–Kier alpha value is -1.12. The van der Waals surface area contributed by atoms with Crippen LogP contribution >= 0.6 is 11.8 Å². The number of aliphatic imine (C=N–C) groups is 1. The number of carbonyl (C=O) groups excluding carboxylic acids is 1. The first kappa shape index (κ1) is 20.9. The number of halogens is 3. The number of guanidine groups is 1. The van der Waals surface area contributed by atoms with E-state index < -0.39 is 12.1 Å². The molecule has 2 unspecified atom stereocenters. The molecule has 1 aliphatic rings. The van der Waals surface area contributed by atoms with E-state index in [9.17, 15) is 18.0 Å². The molecular formula is C15H27F3N4OS. The summed E-state index contributed by atoms with van der Waals surface area (Å²) in [4.78, 5) is 17.3. The predicted molar refractivity (Wildman–Crippen MR) is 92.3 cm³/mol. The largest absolute Gasteiger partial charge is 0.391 e. The predicted octanol–water partition coefficient (Wildman–Crippen LogP) is 2.09. The van der Waals surface area contributed by atoms with Gasteiger partial charge < -0.3 is 15.5 Å². The highest BCUT2D eigenvalue weighted by Gasteiger charge is 2.42. The van der Waals surface area contributed by atoms with E-state index in [-0.39, 0.29) is 31.3 Å². The van der Waals surface area contributed by atoms with E-state index in [2.05, 4.69) is 15.6 Å². The van der Waals surface area contributed by atoms with Gasteiger partial charge in [-0.05, 0) is 25.5 Å². The second kappa shape index (κ2) is 10.0. The average Bonchev–Trinajstić information content (AvgIpc) is 2.51. The third-order valence-electron chi connectivity index (χ3n) is 3.95. The van der Waals surface area contributed by atoms with Crippen molar-refractivity contribution in [3.8, 4) is 0 Å². The molecule has 1 amide bonds. The molecular weight excluding hydrogens is 341 g/mol. The zero-order valence-corrected chi connectivity index (χ0v) is 15.3. The molecule has 0 spiro atoms. The molecule has 1 fully saturated rings. The van der Waals surface area contributed by atoms with Crippen molar-refractivity contribution < 1.29 is 18.0 Å². The van der Waals surface area contributed by atoms with Crippen molar-refractivity contribution in [3.63, 3.8) is 0 Å². The van der Waals surface area contributed by atoms with Crippen LogP contribution in [0.4, 0.5) is 13.2 Å². The standard InChI is InChI=1S/C15H27F3N4OS/c1-22(2)13(23)10-20-14(19-7-8-24-3)21-12-6-4-5-11(9-12)15(16,17)18/h11-12H,4-10H2,1-3H3,(H2,19,20,21). The minimum absolute atomic E-state index is 0.0307. The number of amides is 1. The summed E-state index contributed by atoms with van der Waals surface area (Å²) < 4.78 is 38.8. The molecule has 1 saturated carbocycles. The molecule has 1 aliphatic carbocycles. The van der Waals surface area contributed by atoms with E-state index in [1.165, 1.54) is 4.90 Å². The Labute approximate surface area is 145 Å². The summed E-state index contributed by atoms with van der Waals surface area (Å²) in [6.07, 6.45) is -0.725. The first-order valence-corrected chi connectivity index (χ1v) is 9.44. The van der Waals surface area contributed by atoms with Crippen LogP contribution in [-0.2, 0) is 4.79 Å². The minimum Gasteiger partial charge on any atom is -0.356 e. The fraction of sp³-hybridized carbons (Fsp3) is 0.867. The summed E-state index contributed by atoms with van der Waals surface area (Å²) in [5, 5.41) is 6.15. The highest BCUT2D eigenvalue weighted by molar-refractivity contribution is 7.98. The van der Waals surface area contributed by atoms with Crippen molar-refractivity contribution in [1.82, 2.24) is 15.5 Å². The lowest BCUT2D eigenvalue weighted by Crippen LogP contribution is -2.47. The summed E-state index contributed by atoms with van der Waals surface area (Å²) in [5.74, 6) is -0.164. The Morgan fingerprint density at radius 2 is 2.04 bits per heavy atom. The van der Waals surface area contributed by atoms with Crippen LogP contribution in [0.1, 0.15) is 25.7 Å². The zero-order valence-electron chi connectivity index (χ0n) is 14.4. The molecule has 1 rings (SSSR count). The van der Waals surface area contributed by atoms with Gasteiger partial charge in [0.1, 0.15) is 6.54 Å². The van der Waals surface area contributed by atoms with Crippen LogP contribution in [0, 0.1) is 5.92 Å². The second-order valence-electron chi connectivity index (χ2n) is 6.12. The van der Waals surface area contributed by atoms with E-state index in [1.807, 2.05) is 6.26 Å². The first-order valence-electron chi connectivity index (χ1n) is 8.04. The number of alkyl halides is 3. The van der Waals surface area contributed by atoms with Gasteiger partial charge in [0.25, 0.3) is 0 Å². The fourth-order valence-corrected chi connectivity index (χ4v) is 2.83. The van der Waals surface area contributed by atoms with Crippen LogP contribution < -0.4 is 10.6 Å². The third-order valence-corrected chi connectivity index (χ3v) is 4.56. The number of hydrogen-bond donors (Lipinski definition) is 2. The average molecular weight is 368 g/mol. The molecule has 0 aromatic heterocycles. The number of likely N-dealkylation sites (N-methyl/N-ethyl adjacent to an activating group) is 1. The van der Waals surface area contributed by atoms with Crippen molar-refractivity contribution in [2.45, 2.75) is 37.9 Å². The van der Waals surface area contributed by atoms with Gasteiger partial charge >= 0.3 is 6.18 Å². The van der Waals surface area contributed by atoms with Crippen molar-refractivity contribution >= 4 is 23.6 Å². The Morgan fingerprint density at radius 3 is 2.62 bits per heavy atom. The molecule has 2 N–H and O–H groups in total. The quantitative estimate of drug-likeness (QED) is 0.428. The fourth-order valence-electron chi connectivity index (χ4n) is 2.52. The molecule has 2 atom stereocenters. The van der Waals surface area contributed by atoms with Gasteiger partial charge in [-0.3, -0.25) is 4.79 Å². The maximum absolute atomic E-state index is 12.9. The molecule has 9 heteroatoms. The van der Waals surface area contributed by atoms with Crippen LogP contribution in [0.5, 0.6) is 0 Å². The van der Waals surface area contributed by atoms with E-state index in [1.54, 1.807) is 25.9 Å². The van der Waals surface area contributed by atoms with Crippen molar-refractivity contribution in [1.29, 1.82) is 0 Å². The molecule has 0 aromatic rings. The van der Waals surface area contributed by atoms with E-state index in [0.29, 0.717) is 25.3 Å². The zero-order chi connectivity index (χ0) is 18.2. The second-order valence-corrected chi connectivity index (χ2v) is 7.10. The van der Waals surface area contributed by atoms with Crippen molar-refractivity contribution in [2.75, 3.05) is 39.2 Å². The maximum Gasteiger partial charge on any atom is 0.391 e. The summed E-state index contributed by atoms with van der Waals surface area (Å²) in [6, 6.07) is -0.277. The van der Waals surface area contributed by atoms with Crippen LogP contribution in [0.15, 0.2) is 4.99 Å². The highest BCUT2D eigenvalue weighted by atomic mass is 32.2. The number of thioether (sulfide) groups is 1. The van der Waals surface area contributed by atoms with Crippen LogP contribution in [0.25, 0.3) is 0 Å². The Kier molecular flexibility index (Phi) is 8.72. The van der Waals surface area contributed by atoms with Gasteiger partial charge in [0.2, 0.25) is 5.91 Å². The number of nitrogens with zero attached hydrogens (tertiary/aromatic N) is 2. The van der Waals surface area contributed by atoms with Gasteiger partial charge in [-0.15, -0.1) is 0 Å². The molecule has 0 aliphatic heterocycles.